The first kappa shape index (κ1) is 22.4. The smallest absolute Gasteiger partial charge is 0.349 e. The largest absolute Gasteiger partial charge is 0.481 e. The van der Waals surface area contributed by atoms with Crippen LogP contribution in [0.3, 0.4) is 0 Å². The quantitative estimate of drug-likeness (QED) is 0.224. The summed E-state index contributed by atoms with van der Waals surface area (Å²) in [6.07, 6.45) is 1.13. The van der Waals surface area contributed by atoms with Crippen LogP contribution in [0.25, 0.3) is 10.9 Å². The van der Waals surface area contributed by atoms with Crippen LogP contribution in [0.1, 0.15) is 11.1 Å². The van der Waals surface area contributed by atoms with E-state index >= 15 is 0 Å². The van der Waals surface area contributed by atoms with Gasteiger partial charge in [0.15, 0.2) is 0 Å². The Hall–Kier alpha value is -3.76. The second kappa shape index (κ2) is 9.39. The van der Waals surface area contributed by atoms with E-state index in [2.05, 4.69) is 26.0 Å². The van der Waals surface area contributed by atoms with Gasteiger partial charge in [-0.3, -0.25) is 14.9 Å². The van der Waals surface area contributed by atoms with Gasteiger partial charge >= 0.3 is 11.4 Å². The number of aromatic nitrogens is 2. The molecular weight excluding hydrogens is 516 g/mol. The number of nitro benzene ring substituents is 1. The Morgan fingerprint density at radius 2 is 1.88 bits per heavy atom. The van der Waals surface area contributed by atoms with Crippen molar-refractivity contribution in [2.24, 2.45) is 5.10 Å². The molecule has 4 aromatic rings. The highest BCUT2D eigenvalue weighted by Gasteiger charge is 2.21. The summed E-state index contributed by atoms with van der Waals surface area (Å²) in [6.45, 7) is 0.0348. The van der Waals surface area contributed by atoms with Gasteiger partial charge in [0, 0.05) is 21.1 Å². The summed E-state index contributed by atoms with van der Waals surface area (Å²) in [5, 5.41) is 15.9. The van der Waals surface area contributed by atoms with E-state index in [0.29, 0.717) is 10.2 Å². The van der Waals surface area contributed by atoms with E-state index in [-0.39, 0.29) is 34.0 Å². The number of fused-ring (bicyclic) bond motifs is 1. The second-order valence-corrected chi connectivity index (χ2v) is 8.20. The summed E-state index contributed by atoms with van der Waals surface area (Å²) in [6, 6.07) is 16.3. The van der Waals surface area contributed by atoms with Crippen molar-refractivity contribution < 1.29 is 9.66 Å². The number of nitro groups is 1. The molecule has 1 aromatic heterocycles. The molecule has 0 fully saturated rings. The van der Waals surface area contributed by atoms with Gasteiger partial charge < -0.3 is 9.72 Å². The molecule has 0 aliphatic carbocycles. The molecule has 166 valence electrons. The fraction of sp³-hybridized carbons (Fsp3) is 0.0455. The number of hydrogen-bond donors (Lipinski definition) is 1. The molecule has 33 heavy (non-hydrogen) atoms. The molecule has 3 aromatic carbocycles. The lowest BCUT2D eigenvalue weighted by Gasteiger charge is -2.10. The number of nitrogens with zero attached hydrogens (tertiary/aromatic N) is 3. The minimum atomic E-state index is -0.760. The van der Waals surface area contributed by atoms with Crippen molar-refractivity contribution in [3.05, 3.63) is 112 Å². The standard InChI is InChI=1S/C22H14BrClN4O5/c23-15-7-5-13(6-8-15)12-33-20-14(9-16(24)10-19(20)28(31)32)11-25-27-21(29)17-3-1-2-4-18(17)26-22(27)30/h1-11H,12H2,(H,26,30). The average molecular weight is 530 g/mol. The number of aromatic amines is 1. The van der Waals surface area contributed by atoms with Crippen molar-refractivity contribution in [2.75, 3.05) is 0 Å². The van der Waals surface area contributed by atoms with E-state index in [4.69, 9.17) is 16.3 Å². The van der Waals surface area contributed by atoms with E-state index in [1.54, 1.807) is 36.4 Å². The van der Waals surface area contributed by atoms with Crippen molar-refractivity contribution in [1.29, 1.82) is 0 Å². The first-order chi connectivity index (χ1) is 15.8. The van der Waals surface area contributed by atoms with Gasteiger partial charge in [0.2, 0.25) is 5.75 Å². The van der Waals surface area contributed by atoms with E-state index in [0.717, 1.165) is 22.3 Å². The maximum Gasteiger partial charge on any atom is 0.349 e. The van der Waals surface area contributed by atoms with E-state index in [9.17, 15) is 19.7 Å². The van der Waals surface area contributed by atoms with Gasteiger partial charge in [-0.1, -0.05) is 51.8 Å². The molecule has 1 heterocycles. The summed E-state index contributed by atoms with van der Waals surface area (Å²) < 4.78 is 7.26. The van der Waals surface area contributed by atoms with Gasteiger partial charge in [-0.15, -0.1) is 4.68 Å². The van der Waals surface area contributed by atoms with Crippen LogP contribution in [0.4, 0.5) is 5.69 Å². The normalized spacial score (nSPS) is 11.2. The number of halogens is 2. The summed E-state index contributed by atoms with van der Waals surface area (Å²) in [7, 11) is 0. The molecule has 0 atom stereocenters. The van der Waals surface area contributed by atoms with Crippen LogP contribution in [-0.2, 0) is 6.61 Å². The van der Waals surface area contributed by atoms with Gasteiger partial charge in [0.05, 0.1) is 22.0 Å². The third-order valence-electron chi connectivity index (χ3n) is 4.65. The van der Waals surface area contributed by atoms with E-state index in [1.807, 2.05) is 12.1 Å². The number of para-hydroxylation sites is 1. The number of H-pyrrole nitrogens is 1. The molecule has 0 amide bonds. The van der Waals surface area contributed by atoms with E-state index in [1.165, 1.54) is 6.07 Å². The molecule has 0 spiro atoms. The Labute approximate surface area is 199 Å². The SMILES string of the molecule is O=c1[nH]c2ccccc2c(=O)n1N=Cc1cc(Cl)cc([N+](=O)[O-])c1OCc1ccc(Br)cc1. The van der Waals surface area contributed by atoms with Gasteiger partial charge in [0.25, 0.3) is 5.56 Å². The first-order valence-electron chi connectivity index (χ1n) is 9.47. The van der Waals surface area contributed by atoms with Crippen molar-refractivity contribution >= 4 is 50.3 Å². The topological polar surface area (TPSA) is 120 Å². The van der Waals surface area contributed by atoms with Crippen LogP contribution in [-0.4, -0.2) is 20.8 Å². The van der Waals surface area contributed by atoms with Crippen LogP contribution in [0.5, 0.6) is 5.75 Å². The molecule has 0 aliphatic rings. The fourth-order valence-corrected chi connectivity index (χ4v) is 3.59. The summed E-state index contributed by atoms with van der Waals surface area (Å²) in [5.41, 5.74) is -0.502. The van der Waals surface area contributed by atoms with Crippen LogP contribution in [0.15, 0.2) is 79.8 Å². The predicted octanol–water partition coefficient (Wildman–Crippen LogP) is 4.48. The van der Waals surface area contributed by atoms with Crippen LogP contribution in [0.2, 0.25) is 5.02 Å². The lowest BCUT2D eigenvalue weighted by atomic mass is 10.2. The lowest BCUT2D eigenvalue weighted by molar-refractivity contribution is -0.385. The summed E-state index contributed by atoms with van der Waals surface area (Å²) in [4.78, 5) is 38.6. The molecule has 0 radical (unpaired) electrons. The van der Waals surface area contributed by atoms with Gasteiger partial charge in [-0.2, -0.15) is 5.10 Å². The third kappa shape index (κ3) is 4.86. The number of ether oxygens (including phenoxy) is 1. The first-order valence-corrected chi connectivity index (χ1v) is 10.6. The van der Waals surface area contributed by atoms with Crippen LogP contribution >= 0.6 is 27.5 Å². The highest BCUT2D eigenvalue weighted by Crippen LogP contribution is 2.34. The highest BCUT2D eigenvalue weighted by atomic mass is 79.9. The number of hydrogen-bond acceptors (Lipinski definition) is 6. The zero-order valence-corrected chi connectivity index (χ0v) is 19.0. The molecule has 0 unspecified atom stereocenters. The van der Waals surface area contributed by atoms with Gasteiger partial charge in [-0.25, -0.2) is 4.79 Å². The molecule has 4 rings (SSSR count). The van der Waals surface area contributed by atoms with Crippen molar-refractivity contribution in [2.45, 2.75) is 6.61 Å². The fourth-order valence-electron chi connectivity index (χ4n) is 3.10. The maximum atomic E-state index is 12.7. The number of benzene rings is 3. The van der Waals surface area contributed by atoms with Crippen molar-refractivity contribution in [3.63, 3.8) is 0 Å². The Morgan fingerprint density at radius 3 is 2.61 bits per heavy atom. The average Bonchev–Trinajstić information content (AvgIpc) is 2.79. The van der Waals surface area contributed by atoms with Crippen molar-refractivity contribution in [1.82, 2.24) is 9.66 Å². The number of rotatable bonds is 6. The molecule has 11 heteroatoms. The van der Waals surface area contributed by atoms with Crippen molar-refractivity contribution in [3.8, 4) is 5.75 Å². The minimum absolute atomic E-state index is 0.0348. The Morgan fingerprint density at radius 1 is 1.15 bits per heavy atom. The zero-order valence-electron chi connectivity index (χ0n) is 16.7. The molecule has 9 nitrogen and oxygen atoms in total. The van der Waals surface area contributed by atoms with Gasteiger partial charge in [0.1, 0.15) is 6.61 Å². The van der Waals surface area contributed by atoms with Crippen LogP contribution in [0, 0.1) is 10.1 Å². The van der Waals surface area contributed by atoms with E-state index < -0.39 is 16.2 Å². The third-order valence-corrected chi connectivity index (χ3v) is 5.40. The molecule has 0 bridgehead atoms. The summed E-state index contributed by atoms with van der Waals surface area (Å²) >= 11 is 9.40. The Balaban J connectivity index is 1.77. The molecule has 0 aliphatic heterocycles. The number of nitrogens with one attached hydrogen (secondary N) is 1. The monoisotopic (exact) mass is 528 g/mol. The Bertz CT molecular complexity index is 1510. The highest BCUT2D eigenvalue weighted by molar-refractivity contribution is 9.10. The second-order valence-electron chi connectivity index (χ2n) is 6.85. The van der Waals surface area contributed by atoms with Gasteiger partial charge in [-0.05, 0) is 35.9 Å². The predicted molar refractivity (Wildman–Crippen MR) is 128 cm³/mol. The van der Waals surface area contributed by atoms with Crippen LogP contribution < -0.4 is 16.0 Å². The molecular formula is C22H14BrClN4O5. The molecule has 0 saturated carbocycles. The minimum Gasteiger partial charge on any atom is -0.481 e. The lowest BCUT2D eigenvalue weighted by Crippen LogP contribution is -2.32. The zero-order chi connectivity index (χ0) is 23.5. The summed E-state index contributed by atoms with van der Waals surface area (Å²) in [5.74, 6) is -0.0960. The molecule has 0 saturated heterocycles. The Kier molecular flexibility index (Phi) is 6.38. The molecule has 1 N–H and O–H groups in total. The maximum absolute atomic E-state index is 12.7.